The Labute approximate surface area is 291 Å². The van der Waals surface area contributed by atoms with E-state index in [1.165, 1.54) is 12.1 Å². The zero-order valence-corrected chi connectivity index (χ0v) is 27.6. The van der Waals surface area contributed by atoms with Crippen molar-refractivity contribution in [2.24, 2.45) is 0 Å². The van der Waals surface area contributed by atoms with E-state index in [9.17, 15) is 27.6 Å². The average molecular weight is 696 g/mol. The van der Waals surface area contributed by atoms with E-state index >= 15 is 0 Å². The van der Waals surface area contributed by atoms with Crippen LogP contribution in [0.4, 0.5) is 24.5 Å². The van der Waals surface area contributed by atoms with Crippen LogP contribution in [0.3, 0.4) is 0 Å². The highest BCUT2D eigenvalue weighted by atomic mass is 32.2. The highest BCUT2D eigenvalue weighted by Crippen LogP contribution is 2.31. The Kier molecular flexibility index (Phi) is 11.7. The Morgan fingerprint density at radius 1 is 0.760 bits per heavy atom. The van der Waals surface area contributed by atoms with Crippen molar-refractivity contribution in [2.75, 3.05) is 10.6 Å². The minimum Gasteiger partial charge on any atom is -0.489 e. The summed E-state index contributed by atoms with van der Waals surface area (Å²) < 4.78 is 45.1. The fraction of sp³-hybridized carbons (Fsp3) is 0.103. The molecule has 3 N–H and O–H groups in total. The summed E-state index contributed by atoms with van der Waals surface area (Å²) in [7, 11) is 0. The summed E-state index contributed by atoms with van der Waals surface area (Å²) in [6.07, 6.45) is -2.98. The van der Waals surface area contributed by atoms with Gasteiger partial charge in [-0.2, -0.15) is 13.2 Å². The molecule has 5 aromatic rings. The van der Waals surface area contributed by atoms with Gasteiger partial charge in [0.25, 0.3) is 11.8 Å². The summed E-state index contributed by atoms with van der Waals surface area (Å²) >= 11 is 1.16. The van der Waals surface area contributed by atoms with Crippen molar-refractivity contribution in [2.45, 2.75) is 29.9 Å². The van der Waals surface area contributed by atoms with Crippen molar-refractivity contribution in [3.05, 3.63) is 161 Å². The lowest BCUT2D eigenvalue weighted by molar-refractivity contribution is -0.137. The maximum atomic E-state index is 13.6. The summed E-state index contributed by atoms with van der Waals surface area (Å²) in [6.45, 7) is 2.02. The summed E-state index contributed by atoms with van der Waals surface area (Å²) in [4.78, 5) is 40.1. The zero-order chi connectivity index (χ0) is 35.5. The van der Waals surface area contributed by atoms with E-state index in [0.29, 0.717) is 34.1 Å². The maximum absolute atomic E-state index is 13.6. The second-order valence-corrected chi connectivity index (χ2v) is 12.4. The topological polar surface area (TPSA) is 96.5 Å². The normalized spacial score (nSPS) is 12.0. The highest BCUT2D eigenvalue weighted by molar-refractivity contribution is 8.00. The summed E-state index contributed by atoms with van der Waals surface area (Å²) in [6, 6.07) is 36.5. The number of hydrogen-bond donors (Lipinski definition) is 3. The molecule has 0 aliphatic rings. The van der Waals surface area contributed by atoms with Crippen LogP contribution in [0.15, 0.2) is 144 Å². The molecule has 0 saturated heterocycles. The molecule has 3 amide bonds. The van der Waals surface area contributed by atoms with Crippen LogP contribution < -0.4 is 20.7 Å². The second-order valence-electron chi connectivity index (χ2n) is 11.0. The third kappa shape index (κ3) is 10.3. The van der Waals surface area contributed by atoms with Gasteiger partial charge in [0.2, 0.25) is 5.91 Å². The van der Waals surface area contributed by atoms with E-state index < -0.39 is 34.7 Å². The smallest absolute Gasteiger partial charge is 0.416 e. The van der Waals surface area contributed by atoms with Gasteiger partial charge in [0.05, 0.1) is 10.8 Å². The third-order valence-corrected chi connectivity index (χ3v) is 8.29. The van der Waals surface area contributed by atoms with Crippen LogP contribution in [0.1, 0.15) is 34.0 Å². The van der Waals surface area contributed by atoms with E-state index in [0.717, 1.165) is 29.5 Å². The number of anilines is 2. The van der Waals surface area contributed by atoms with Gasteiger partial charge in [-0.1, -0.05) is 72.8 Å². The molecule has 0 spiro atoms. The van der Waals surface area contributed by atoms with E-state index in [1.54, 1.807) is 91.9 Å². The fourth-order valence-corrected chi connectivity index (χ4v) is 5.56. The predicted molar refractivity (Wildman–Crippen MR) is 190 cm³/mol. The number of rotatable bonds is 12. The van der Waals surface area contributed by atoms with Crippen LogP contribution in [0.5, 0.6) is 5.75 Å². The molecule has 5 aromatic carbocycles. The fourth-order valence-electron chi connectivity index (χ4n) is 4.63. The van der Waals surface area contributed by atoms with Crippen LogP contribution in [-0.2, 0) is 22.4 Å². The maximum Gasteiger partial charge on any atom is 0.416 e. The molecule has 0 fully saturated rings. The number of amides is 3. The van der Waals surface area contributed by atoms with Crippen molar-refractivity contribution < 1.29 is 32.3 Å². The molecule has 11 heteroatoms. The van der Waals surface area contributed by atoms with E-state index in [4.69, 9.17) is 4.74 Å². The van der Waals surface area contributed by atoms with Gasteiger partial charge in [-0.3, -0.25) is 14.4 Å². The molecule has 0 aliphatic carbocycles. The van der Waals surface area contributed by atoms with E-state index in [2.05, 4.69) is 16.0 Å². The molecule has 0 bridgehead atoms. The van der Waals surface area contributed by atoms with Crippen molar-refractivity contribution in [1.29, 1.82) is 0 Å². The van der Waals surface area contributed by atoms with Crippen LogP contribution in [-0.4, -0.2) is 23.0 Å². The number of benzene rings is 5. The van der Waals surface area contributed by atoms with Gasteiger partial charge in [0.1, 0.15) is 18.1 Å². The number of thioether (sulfide) groups is 1. The zero-order valence-electron chi connectivity index (χ0n) is 26.7. The highest BCUT2D eigenvalue weighted by Gasteiger charge is 2.30. The minimum absolute atomic E-state index is 0.0105. The van der Waals surface area contributed by atoms with Gasteiger partial charge >= 0.3 is 6.18 Å². The first-order valence-corrected chi connectivity index (χ1v) is 16.3. The average Bonchev–Trinajstić information content (AvgIpc) is 3.11. The van der Waals surface area contributed by atoms with Gasteiger partial charge in [-0.15, -0.1) is 11.8 Å². The molecule has 0 radical (unpaired) electrons. The predicted octanol–water partition coefficient (Wildman–Crippen LogP) is 8.81. The molecule has 0 aromatic heterocycles. The van der Waals surface area contributed by atoms with Crippen LogP contribution >= 0.6 is 11.8 Å². The molecular weight excluding hydrogens is 664 g/mol. The lowest BCUT2D eigenvalue weighted by Gasteiger charge is -2.15. The monoisotopic (exact) mass is 695 g/mol. The van der Waals surface area contributed by atoms with Gasteiger partial charge in [0.15, 0.2) is 0 Å². The third-order valence-electron chi connectivity index (χ3n) is 7.20. The Bertz CT molecular complexity index is 1970. The van der Waals surface area contributed by atoms with Crippen molar-refractivity contribution >= 4 is 46.9 Å². The Balaban J connectivity index is 1.27. The van der Waals surface area contributed by atoms with Crippen LogP contribution in [0.25, 0.3) is 6.08 Å². The molecule has 1 unspecified atom stereocenters. The van der Waals surface area contributed by atoms with E-state index in [1.807, 2.05) is 30.3 Å². The molecule has 0 saturated carbocycles. The van der Waals surface area contributed by atoms with Crippen LogP contribution in [0, 0.1) is 0 Å². The standard InChI is InChI=1S/C39H32F3N3O4S/c1-26(36(46)43-31-15-8-14-30(23-31)39(40,41)42)50-34-17-9-16-32(24-34)44-38(48)35(45-37(47)29-12-6-3-7-13-29)22-27-18-20-33(21-19-27)49-25-28-10-4-2-5-11-28/h2-24,26H,25H2,1H3,(H,43,46)(H,44,48)(H,45,47)/b35-22-. The first-order valence-electron chi connectivity index (χ1n) is 15.4. The summed E-state index contributed by atoms with van der Waals surface area (Å²) in [5.41, 5.74) is 1.59. The molecule has 5 rings (SSSR count). The molecule has 0 heterocycles. The number of carbonyl (C=O) groups is 3. The lowest BCUT2D eigenvalue weighted by atomic mass is 10.1. The first-order chi connectivity index (χ1) is 24.0. The Morgan fingerprint density at radius 3 is 2.08 bits per heavy atom. The van der Waals surface area contributed by atoms with Crippen molar-refractivity contribution in [3.63, 3.8) is 0 Å². The Hall–Kier alpha value is -5.81. The van der Waals surface area contributed by atoms with Gasteiger partial charge in [0, 0.05) is 21.8 Å². The summed E-state index contributed by atoms with van der Waals surface area (Å²) in [5.74, 6) is -0.914. The summed E-state index contributed by atoms with van der Waals surface area (Å²) in [5, 5.41) is 7.36. The number of carbonyl (C=O) groups excluding carboxylic acids is 3. The lowest BCUT2D eigenvalue weighted by Crippen LogP contribution is -2.30. The Morgan fingerprint density at radius 2 is 1.40 bits per heavy atom. The minimum atomic E-state index is -4.53. The molecule has 254 valence electrons. The van der Waals surface area contributed by atoms with Gasteiger partial charge in [-0.05, 0) is 84.8 Å². The van der Waals surface area contributed by atoms with Crippen molar-refractivity contribution in [1.82, 2.24) is 5.32 Å². The van der Waals surface area contributed by atoms with Crippen LogP contribution in [0.2, 0.25) is 0 Å². The molecular formula is C39H32F3N3O4S. The quantitative estimate of drug-likeness (QED) is 0.0896. The van der Waals surface area contributed by atoms with Gasteiger partial charge in [-0.25, -0.2) is 0 Å². The van der Waals surface area contributed by atoms with E-state index in [-0.39, 0.29) is 11.4 Å². The first kappa shape index (κ1) is 35.5. The number of alkyl halides is 3. The number of halogens is 3. The van der Waals surface area contributed by atoms with Crippen molar-refractivity contribution in [3.8, 4) is 5.75 Å². The number of hydrogen-bond acceptors (Lipinski definition) is 5. The second kappa shape index (κ2) is 16.5. The van der Waals surface area contributed by atoms with Gasteiger partial charge < -0.3 is 20.7 Å². The molecule has 50 heavy (non-hydrogen) atoms. The number of ether oxygens (including phenoxy) is 1. The largest absolute Gasteiger partial charge is 0.489 e. The molecule has 0 aliphatic heterocycles. The number of nitrogens with one attached hydrogen (secondary N) is 3. The molecule has 7 nitrogen and oxygen atoms in total. The molecule has 1 atom stereocenters. The SMILES string of the molecule is CC(Sc1cccc(NC(=O)/C(=C/c2ccc(OCc3ccccc3)cc2)NC(=O)c2ccccc2)c1)C(=O)Nc1cccc(C(F)(F)F)c1.